The fourth-order valence-electron chi connectivity index (χ4n) is 1.82. The molecule has 1 aliphatic carbocycles. The SMILES string of the molecule is CCOc1cncc(C(C)(O)C2CC2)c1. The number of nitrogens with zero attached hydrogens (tertiary/aromatic N) is 1. The van der Waals surface area contributed by atoms with Gasteiger partial charge in [-0.3, -0.25) is 4.98 Å². The van der Waals surface area contributed by atoms with Gasteiger partial charge in [0.05, 0.1) is 18.4 Å². The number of hydrogen-bond donors (Lipinski definition) is 1. The minimum Gasteiger partial charge on any atom is -0.492 e. The Morgan fingerprint density at radius 1 is 1.53 bits per heavy atom. The number of rotatable bonds is 4. The summed E-state index contributed by atoms with van der Waals surface area (Å²) in [5.41, 5.74) is 0.107. The van der Waals surface area contributed by atoms with E-state index in [4.69, 9.17) is 4.74 Å². The molecule has 0 saturated heterocycles. The van der Waals surface area contributed by atoms with Crippen molar-refractivity contribution in [1.82, 2.24) is 4.98 Å². The molecule has 1 N–H and O–H groups in total. The lowest BCUT2D eigenvalue weighted by molar-refractivity contribution is 0.0325. The molecule has 1 atom stereocenters. The Hall–Kier alpha value is -1.09. The Kier molecular flexibility index (Phi) is 2.65. The van der Waals surface area contributed by atoms with E-state index in [1.165, 1.54) is 0 Å². The van der Waals surface area contributed by atoms with Crippen LogP contribution in [0.1, 0.15) is 32.3 Å². The van der Waals surface area contributed by atoms with E-state index in [1.807, 2.05) is 19.9 Å². The van der Waals surface area contributed by atoms with Crippen LogP contribution in [0.5, 0.6) is 5.75 Å². The van der Waals surface area contributed by atoms with Gasteiger partial charge in [0.15, 0.2) is 0 Å². The largest absolute Gasteiger partial charge is 0.492 e. The minimum atomic E-state index is -0.750. The summed E-state index contributed by atoms with van der Waals surface area (Å²) in [6.07, 6.45) is 5.61. The zero-order chi connectivity index (χ0) is 10.9. The molecule has 0 aromatic carbocycles. The quantitative estimate of drug-likeness (QED) is 0.822. The molecule has 0 amide bonds. The summed E-state index contributed by atoms with van der Waals surface area (Å²) in [6, 6.07) is 1.88. The third-order valence-corrected chi connectivity index (χ3v) is 2.98. The van der Waals surface area contributed by atoms with Crippen LogP contribution in [-0.4, -0.2) is 16.7 Å². The van der Waals surface area contributed by atoms with E-state index in [1.54, 1.807) is 12.4 Å². The Morgan fingerprint density at radius 3 is 2.87 bits per heavy atom. The molecule has 15 heavy (non-hydrogen) atoms. The van der Waals surface area contributed by atoms with Gasteiger partial charge < -0.3 is 9.84 Å². The van der Waals surface area contributed by atoms with Gasteiger partial charge in [-0.05, 0) is 38.7 Å². The molecule has 1 aromatic rings. The normalized spacial score (nSPS) is 19.7. The van der Waals surface area contributed by atoms with Crippen molar-refractivity contribution < 1.29 is 9.84 Å². The van der Waals surface area contributed by atoms with Crippen molar-refractivity contribution in [3.8, 4) is 5.75 Å². The summed E-state index contributed by atoms with van der Waals surface area (Å²) >= 11 is 0. The number of hydrogen-bond acceptors (Lipinski definition) is 3. The smallest absolute Gasteiger partial charge is 0.137 e. The third-order valence-electron chi connectivity index (χ3n) is 2.98. The minimum absolute atomic E-state index is 0.385. The highest BCUT2D eigenvalue weighted by Gasteiger charge is 2.41. The topological polar surface area (TPSA) is 42.4 Å². The van der Waals surface area contributed by atoms with Gasteiger partial charge in [0, 0.05) is 11.8 Å². The molecule has 2 rings (SSSR count). The molecule has 1 fully saturated rings. The van der Waals surface area contributed by atoms with Crippen molar-refractivity contribution in [2.24, 2.45) is 5.92 Å². The maximum atomic E-state index is 10.3. The predicted molar refractivity (Wildman–Crippen MR) is 57.7 cm³/mol. The summed E-state index contributed by atoms with van der Waals surface area (Å²) in [7, 11) is 0. The number of aromatic nitrogens is 1. The molecule has 3 nitrogen and oxygen atoms in total. The molecule has 1 saturated carbocycles. The Morgan fingerprint density at radius 2 is 2.27 bits per heavy atom. The van der Waals surface area contributed by atoms with Crippen LogP contribution in [0.15, 0.2) is 18.5 Å². The van der Waals surface area contributed by atoms with Crippen LogP contribution >= 0.6 is 0 Å². The fraction of sp³-hybridized carbons (Fsp3) is 0.583. The van der Waals surface area contributed by atoms with E-state index in [9.17, 15) is 5.11 Å². The summed E-state index contributed by atoms with van der Waals surface area (Å²) in [4.78, 5) is 4.09. The van der Waals surface area contributed by atoms with Crippen molar-refractivity contribution >= 4 is 0 Å². The summed E-state index contributed by atoms with van der Waals surface area (Å²) < 4.78 is 5.37. The van der Waals surface area contributed by atoms with Gasteiger partial charge >= 0.3 is 0 Å². The molecule has 82 valence electrons. The second-order valence-corrected chi connectivity index (χ2v) is 4.26. The number of pyridine rings is 1. The lowest BCUT2D eigenvalue weighted by atomic mass is 9.92. The average Bonchev–Trinajstić information content (AvgIpc) is 3.02. The Bertz CT molecular complexity index is 345. The van der Waals surface area contributed by atoms with Gasteiger partial charge in [0.2, 0.25) is 0 Å². The lowest BCUT2D eigenvalue weighted by Crippen LogP contribution is -2.23. The summed E-state index contributed by atoms with van der Waals surface area (Å²) in [5.74, 6) is 1.12. The van der Waals surface area contributed by atoms with E-state index in [-0.39, 0.29) is 0 Å². The second kappa shape index (κ2) is 3.81. The second-order valence-electron chi connectivity index (χ2n) is 4.26. The van der Waals surface area contributed by atoms with Crippen molar-refractivity contribution in [2.75, 3.05) is 6.61 Å². The van der Waals surface area contributed by atoms with Gasteiger partial charge in [-0.25, -0.2) is 0 Å². The fourth-order valence-corrected chi connectivity index (χ4v) is 1.82. The maximum Gasteiger partial charge on any atom is 0.137 e. The molecule has 1 aromatic heterocycles. The molecule has 0 bridgehead atoms. The van der Waals surface area contributed by atoms with Crippen molar-refractivity contribution in [3.63, 3.8) is 0 Å². The molecule has 3 heteroatoms. The van der Waals surface area contributed by atoms with Crippen LogP contribution in [0.3, 0.4) is 0 Å². The maximum absolute atomic E-state index is 10.3. The number of aliphatic hydroxyl groups is 1. The Labute approximate surface area is 90.1 Å². The van der Waals surface area contributed by atoms with Gasteiger partial charge in [-0.15, -0.1) is 0 Å². The van der Waals surface area contributed by atoms with Gasteiger partial charge in [0.1, 0.15) is 5.75 Å². The zero-order valence-electron chi connectivity index (χ0n) is 9.23. The number of ether oxygens (including phenoxy) is 1. The molecule has 1 aliphatic rings. The highest BCUT2D eigenvalue weighted by atomic mass is 16.5. The average molecular weight is 207 g/mol. The van der Waals surface area contributed by atoms with Crippen LogP contribution in [-0.2, 0) is 5.60 Å². The predicted octanol–water partition coefficient (Wildman–Crippen LogP) is 2.10. The molecule has 0 aliphatic heterocycles. The monoisotopic (exact) mass is 207 g/mol. The van der Waals surface area contributed by atoms with E-state index >= 15 is 0 Å². The first kappa shape index (κ1) is 10.4. The van der Waals surface area contributed by atoms with Crippen LogP contribution in [0.2, 0.25) is 0 Å². The van der Waals surface area contributed by atoms with Crippen LogP contribution in [0.25, 0.3) is 0 Å². The molecular formula is C12H17NO2. The van der Waals surface area contributed by atoms with Crippen LogP contribution < -0.4 is 4.74 Å². The van der Waals surface area contributed by atoms with Crippen LogP contribution in [0.4, 0.5) is 0 Å². The first-order chi connectivity index (χ1) is 7.14. The standard InChI is InChI=1S/C12H17NO2/c1-3-15-11-6-10(7-13-8-11)12(2,14)9-4-5-9/h6-9,14H,3-5H2,1-2H3. The van der Waals surface area contributed by atoms with Crippen molar-refractivity contribution in [2.45, 2.75) is 32.3 Å². The molecule has 1 unspecified atom stereocenters. The van der Waals surface area contributed by atoms with Crippen molar-refractivity contribution in [3.05, 3.63) is 24.0 Å². The summed E-state index contributed by atoms with van der Waals surface area (Å²) in [5, 5.41) is 10.3. The van der Waals surface area contributed by atoms with E-state index in [0.29, 0.717) is 12.5 Å². The highest BCUT2D eigenvalue weighted by molar-refractivity contribution is 5.29. The van der Waals surface area contributed by atoms with Gasteiger partial charge in [-0.2, -0.15) is 0 Å². The third kappa shape index (κ3) is 2.12. The van der Waals surface area contributed by atoms with Gasteiger partial charge in [0.25, 0.3) is 0 Å². The van der Waals surface area contributed by atoms with Crippen molar-refractivity contribution in [1.29, 1.82) is 0 Å². The van der Waals surface area contributed by atoms with E-state index in [0.717, 1.165) is 24.2 Å². The molecular weight excluding hydrogens is 190 g/mol. The van der Waals surface area contributed by atoms with E-state index in [2.05, 4.69) is 4.98 Å². The first-order valence-electron chi connectivity index (χ1n) is 5.45. The highest BCUT2D eigenvalue weighted by Crippen LogP contribution is 2.45. The zero-order valence-corrected chi connectivity index (χ0v) is 9.23. The lowest BCUT2D eigenvalue weighted by Gasteiger charge is -2.23. The summed E-state index contributed by atoms with van der Waals surface area (Å²) in [6.45, 7) is 4.42. The van der Waals surface area contributed by atoms with Crippen LogP contribution in [0, 0.1) is 5.92 Å². The van der Waals surface area contributed by atoms with Gasteiger partial charge in [-0.1, -0.05) is 0 Å². The first-order valence-corrected chi connectivity index (χ1v) is 5.45. The molecule has 1 heterocycles. The Balaban J connectivity index is 2.23. The van der Waals surface area contributed by atoms with E-state index < -0.39 is 5.60 Å². The molecule has 0 spiro atoms. The molecule has 0 radical (unpaired) electrons.